The molecular weight excluding hydrogens is 548 g/mol. The van der Waals surface area contributed by atoms with Crippen LogP contribution in [0.3, 0.4) is 0 Å². The van der Waals surface area contributed by atoms with Crippen molar-refractivity contribution in [2.24, 2.45) is 0 Å². The number of benzene rings is 2. The summed E-state index contributed by atoms with van der Waals surface area (Å²) in [6.07, 6.45) is 4.34. The SMILES string of the molecule is CCCCO[C@H]1[C@H](OCCCC)[C@@H](C=O)OC(OC)(c2ccc(C)c(Cc3ccc4c(c3)OCCO4)c2)[C@@H]1OCCCC. The quantitative estimate of drug-likeness (QED) is 0.155. The molecule has 5 atom stereocenters. The van der Waals surface area contributed by atoms with E-state index >= 15 is 0 Å². The Kier molecular flexibility index (Phi) is 12.9. The first-order valence-corrected chi connectivity index (χ1v) is 16.0. The summed E-state index contributed by atoms with van der Waals surface area (Å²) in [5, 5.41) is 0. The monoisotopic (exact) mass is 598 g/mol. The molecule has 1 fully saturated rings. The molecule has 2 heterocycles. The van der Waals surface area contributed by atoms with Crippen molar-refractivity contribution in [3.63, 3.8) is 0 Å². The Bertz CT molecular complexity index is 1150. The van der Waals surface area contributed by atoms with E-state index in [9.17, 15) is 4.79 Å². The molecule has 0 spiro atoms. The zero-order valence-electron chi connectivity index (χ0n) is 26.6. The maximum Gasteiger partial charge on any atom is 0.225 e. The Labute approximate surface area is 257 Å². The zero-order valence-corrected chi connectivity index (χ0v) is 26.6. The summed E-state index contributed by atoms with van der Waals surface area (Å²) < 4.78 is 43.9. The van der Waals surface area contributed by atoms with Gasteiger partial charge in [-0.15, -0.1) is 0 Å². The molecule has 0 aliphatic carbocycles. The maximum atomic E-state index is 12.6. The molecule has 238 valence electrons. The Morgan fingerprint density at radius 2 is 1.49 bits per heavy atom. The first-order chi connectivity index (χ1) is 21.0. The molecule has 1 unspecified atom stereocenters. The fourth-order valence-corrected chi connectivity index (χ4v) is 5.69. The van der Waals surface area contributed by atoms with E-state index in [-0.39, 0.29) is 0 Å². The van der Waals surface area contributed by atoms with Crippen LogP contribution in [0.4, 0.5) is 0 Å². The molecular formula is C35H50O8. The van der Waals surface area contributed by atoms with Gasteiger partial charge in [-0.25, -0.2) is 0 Å². The number of rotatable bonds is 17. The molecule has 4 rings (SSSR count). The summed E-state index contributed by atoms with van der Waals surface area (Å²) in [6, 6.07) is 12.3. The standard InChI is InChI=1S/C35H50O8/c1-6-9-16-40-32-31(24-36)43-35(37-5,34(42-18-11-8-3)33(32)41-17-10-7-2)28-14-12-25(4)27(23-28)21-26-13-15-29-30(22-26)39-20-19-38-29/h12-15,22-24,31-34H,6-11,16-21H2,1-5H3/t31-,32-,33+,34-,35?/m1/s1. The van der Waals surface area contributed by atoms with Gasteiger partial charge in [-0.2, -0.15) is 0 Å². The van der Waals surface area contributed by atoms with Crippen LogP contribution in [0.15, 0.2) is 36.4 Å². The molecule has 0 bridgehead atoms. The number of carbonyl (C=O) groups is 1. The number of hydrogen-bond donors (Lipinski definition) is 0. The van der Waals surface area contributed by atoms with Gasteiger partial charge in [0.15, 0.2) is 17.8 Å². The van der Waals surface area contributed by atoms with Crippen molar-refractivity contribution in [2.45, 2.75) is 103 Å². The van der Waals surface area contributed by atoms with E-state index in [4.69, 9.17) is 33.2 Å². The smallest absolute Gasteiger partial charge is 0.225 e. The van der Waals surface area contributed by atoms with E-state index in [1.54, 1.807) is 7.11 Å². The third-order valence-corrected chi connectivity index (χ3v) is 8.23. The number of aldehydes is 1. The number of unbranched alkanes of at least 4 members (excludes halogenated alkanes) is 3. The number of methoxy groups -OCH3 is 1. The largest absolute Gasteiger partial charge is 0.486 e. The summed E-state index contributed by atoms with van der Waals surface area (Å²) in [6.45, 7) is 11.1. The maximum absolute atomic E-state index is 12.6. The second-order valence-corrected chi connectivity index (χ2v) is 11.4. The van der Waals surface area contributed by atoms with Crippen molar-refractivity contribution >= 4 is 6.29 Å². The highest BCUT2D eigenvalue weighted by molar-refractivity contribution is 5.58. The van der Waals surface area contributed by atoms with Crippen molar-refractivity contribution in [1.82, 2.24) is 0 Å². The van der Waals surface area contributed by atoms with Gasteiger partial charge in [0.25, 0.3) is 0 Å². The minimum Gasteiger partial charge on any atom is -0.486 e. The first-order valence-electron chi connectivity index (χ1n) is 16.0. The lowest BCUT2D eigenvalue weighted by Gasteiger charge is -2.51. The van der Waals surface area contributed by atoms with Crippen molar-refractivity contribution < 1.29 is 38.0 Å². The van der Waals surface area contributed by atoms with E-state index < -0.39 is 30.2 Å². The highest BCUT2D eigenvalue weighted by Gasteiger charge is 2.58. The first kappa shape index (κ1) is 33.4. The molecule has 1 saturated heterocycles. The molecule has 43 heavy (non-hydrogen) atoms. The normalized spacial score (nSPS) is 25.0. The molecule has 0 aromatic heterocycles. The van der Waals surface area contributed by atoms with Crippen LogP contribution in [-0.2, 0) is 40.7 Å². The van der Waals surface area contributed by atoms with Gasteiger partial charge in [-0.1, -0.05) is 58.2 Å². The van der Waals surface area contributed by atoms with Crippen molar-refractivity contribution in [1.29, 1.82) is 0 Å². The third-order valence-electron chi connectivity index (χ3n) is 8.23. The number of fused-ring (bicyclic) bond motifs is 1. The van der Waals surface area contributed by atoms with E-state index in [0.717, 1.165) is 78.6 Å². The zero-order chi connectivity index (χ0) is 30.7. The van der Waals surface area contributed by atoms with Gasteiger partial charge in [0.2, 0.25) is 5.79 Å². The lowest BCUT2D eigenvalue weighted by Crippen LogP contribution is -2.66. The van der Waals surface area contributed by atoms with Crippen LogP contribution >= 0.6 is 0 Å². The van der Waals surface area contributed by atoms with E-state index in [2.05, 4.69) is 45.9 Å². The fourth-order valence-electron chi connectivity index (χ4n) is 5.69. The van der Waals surface area contributed by atoms with Gasteiger partial charge in [0.1, 0.15) is 37.6 Å². The minimum absolute atomic E-state index is 0.507. The lowest BCUT2D eigenvalue weighted by molar-refractivity contribution is -0.370. The molecule has 2 aromatic rings. The van der Waals surface area contributed by atoms with E-state index in [1.807, 2.05) is 18.2 Å². The Morgan fingerprint density at radius 1 is 0.837 bits per heavy atom. The molecule has 0 amide bonds. The number of ether oxygens (including phenoxy) is 7. The number of hydrogen-bond acceptors (Lipinski definition) is 8. The lowest BCUT2D eigenvalue weighted by atomic mass is 9.85. The molecule has 0 saturated carbocycles. The second-order valence-electron chi connectivity index (χ2n) is 11.4. The van der Waals surface area contributed by atoms with Crippen LogP contribution < -0.4 is 9.47 Å². The predicted octanol–water partition coefficient (Wildman–Crippen LogP) is 6.31. The van der Waals surface area contributed by atoms with E-state index in [1.165, 1.54) is 0 Å². The van der Waals surface area contributed by atoms with Crippen molar-refractivity contribution in [3.05, 3.63) is 58.7 Å². The Morgan fingerprint density at radius 3 is 2.14 bits per heavy atom. The molecule has 2 aliphatic heterocycles. The minimum atomic E-state index is -1.38. The molecule has 2 aromatic carbocycles. The van der Waals surface area contributed by atoms with Crippen LogP contribution in [0, 0.1) is 6.92 Å². The summed E-state index contributed by atoms with van der Waals surface area (Å²) in [5.41, 5.74) is 4.12. The molecule has 0 N–H and O–H groups in total. The van der Waals surface area contributed by atoms with Crippen LogP contribution in [-0.4, -0.2) is 70.8 Å². The van der Waals surface area contributed by atoms with E-state index in [0.29, 0.717) is 39.5 Å². The van der Waals surface area contributed by atoms with Crippen molar-refractivity contribution in [2.75, 3.05) is 40.1 Å². The third kappa shape index (κ3) is 7.97. The van der Waals surface area contributed by atoms with Gasteiger partial charge in [-0.3, -0.25) is 0 Å². The van der Waals surface area contributed by atoms with Gasteiger partial charge < -0.3 is 38.0 Å². The Balaban J connectivity index is 1.73. The summed E-state index contributed by atoms with van der Waals surface area (Å²) in [4.78, 5) is 12.6. The topological polar surface area (TPSA) is 81.7 Å². The average Bonchev–Trinajstić information content (AvgIpc) is 3.03. The van der Waals surface area contributed by atoms with Gasteiger partial charge in [0, 0.05) is 32.5 Å². The highest BCUT2D eigenvalue weighted by atomic mass is 16.7. The second kappa shape index (κ2) is 16.5. The van der Waals surface area contributed by atoms with Crippen LogP contribution in [0.2, 0.25) is 0 Å². The number of aryl methyl sites for hydroxylation is 1. The van der Waals surface area contributed by atoms with Crippen LogP contribution in [0.1, 0.15) is 81.5 Å². The van der Waals surface area contributed by atoms with Gasteiger partial charge in [-0.05, 0) is 67.5 Å². The molecule has 8 nitrogen and oxygen atoms in total. The fraction of sp³-hybridized carbons (Fsp3) is 0.629. The molecule has 0 radical (unpaired) electrons. The summed E-state index contributed by atoms with van der Waals surface area (Å²) >= 11 is 0. The molecule has 2 aliphatic rings. The average molecular weight is 599 g/mol. The van der Waals surface area contributed by atoms with Gasteiger partial charge in [0.05, 0.1) is 0 Å². The van der Waals surface area contributed by atoms with Gasteiger partial charge >= 0.3 is 0 Å². The highest BCUT2D eigenvalue weighted by Crippen LogP contribution is 2.43. The summed E-state index contributed by atoms with van der Waals surface area (Å²) in [7, 11) is 1.61. The van der Waals surface area contributed by atoms with Crippen molar-refractivity contribution in [3.8, 4) is 11.5 Å². The van der Waals surface area contributed by atoms with Crippen LogP contribution in [0.25, 0.3) is 0 Å². The Hall–Kier alpha value is -2.49. The summed E-state index contributed by atoms with van der Waals surface area (Å²) in [5.74, 6) is 0.155. The van der Waals surface area contributed by atoms with Crippen LogP contribution in [0.5, 0.6) is 11.5 Å². The molecule has 8 heteroatoms. The predicted molar refractivity (Wildman–Crippen MR) is 165 cm³/mol. The number of carbonyl (C=O) groups excluding carboxylic acids is 1.